The van der Waals surface area contributed by atoms with Crippen molar-refractivity contribution in [3.05, 3.63) is 35.6 Å². The minimum Gasteiger partial charge on any atom is -0.378 e. The molecule has 3 N–H and O–H groups in total. The van der Waals surface area contributed by atoms with E-state index in [9.17, 15) is 9.18 Å². The first-order valence-electron chi connectivity index (χ1n) is 7.29. The summed E-state index contributed by atoms with van der Waals surface area (Å²) in [6, 6.07) is 6.02. The van der Waals surface area contributed by atoms with Crippen LogP contribution in [0, 0.1) is 5.82 Å². The van der Waals surface area contributed by atoms with Crippen LogP contribution >= 0.6 is 0 Å². The molecule has 1 fully saturated rings. The van der Waals surface area contributed by atoms with Crippen LogP contribution in [0.2, 0.25) is 0 Å². The van der Waals surface area contributed by atoms with Gasteiger partial charge < -0.3 is 20.7 Å². The van der Waals surface area contributed by atoms with Crippen molar-refractivity contribution in [2.75, 3.05) is 39.4 Å². The number of ether oxygens (including phenoxy) is 1. The van der Waals surface area contributed by atoms with Crippen LogP contribution in [-0.4, -0.2) is 56.2 Å². The first-order chi connectivity index (χ1) is 10.6. The quantitative estimate of drug-likeness (QED) is 0.460. The van der Waals surface area contributed by atoms with Crippen LogP contribution in [0.4, 0.5) is 4.39 Å². The molecule has 6 nitrogen and oxygen atoms in total. The van der Waals surface area contributed by atoms with Crippen LogP contribution in [0.5, 0.6) is 0 Å². The van der Waals surface area contributed by atoms with Gasteiger partial charge in [0.25, 0.3) is 0 Å². The van der Waals surface area contributed by atoms with Crippen molar-refractivity contribution in [3.63, 3.8) is 0 Å². The second-order valence-electron chi connectivity index (χ2n) is 5.00. The van der Waals surface area contributed by atoms with E-state index in [2.05, 4.69) is 10.3 Å². The molecule has 0 aromatic heterocycles. The molecule has 0 aliphatic carbocycles. The summed E-state index contributed by atoms with van der Waals surface area (Å²) in [6.07, 6.45) is 0.153. The summed E-state index contributed by atoms with van der Waals surface area (Å²) in [5.74, 6) is -0.0263. The predicted molar refractivity (Wildman–Crippen MR) is 82.0 cm³/mol. The monoisotopic (exact) mass is 308 g/mol. The third-order valence-electron chi connectivity index (χ3n) is 3.30. The fourth-order valence-electron chi connectivity index (χ4n) is 2.15. The topological polar surface area (TPSA) is 79.9 Å². The number of halogens is 1. The lowest BCUT2D eigenvalue weighted by atomic mass is 10.1. The molecule has 1 heterocycles. The Bertz CT molecular complexity index is 530. The first-order valence-corrected chi connectivity index (χ1v) is 7.29. The van der Waals surface area contributed by atoms with Gasteiger partial charge in [0, 0.05) is 19.6 Å². The largest absolute Gasteiger partial charge is 0.378 e. The first kappa shape index (κ1) is 16.2. The number of hydrogen-bond donors (Lipinski definition) is 2. The van der Waals surface area contributed by atoms with Crippen molar-refractivity contribution in [1.29, 1.82) is 0 Å². The molecule has 0 radical (unpaired) electrons. The van der Waals surface area contributed by atoms with Crippen LogP contribution in [-0.2, 0) is 16.0 Å². The molecule has 0 saturated carbocycles. The highest BCUT2D eigenvalue weighted by molar-refractivity contribution is 5.79. The molecule has 2 rings (SSSR count). The number of rotatable bonds is 5. The summed E-state index contributed by atoms with van der Waals surface area (Å²) in [5, 5.41) is 2.74. The Morgan fingerprint density at radius 3 is 2.91 bits per heavy atom. The van der Waals surface area contributed by atoms with E-state index in [4.69, 9.17) is 10.5 Å². The molecule has 1 aliphatic heterocycles. The van der Waals surface area contributed by atoms with Crippen LogP contribution in [0.1, 0.15) is 5.56 Å². The SMILES string of the molecule is NC(=NCCNC(=O)Cc1cccc(F)c1)N1CCOCC1. The molecule has 0 spiro atoms. The second-order valence-corrected chi connectivity index (χ2v) is 5.00. The van der Waals surface area contributed by atoms with Crippen molar-refractivity contribution >= 4 is 11.9 Å². The van der Waals surface area contributed by atoms with Gasteiger partial charge in [0.05, 0.1) is 26.2 Å². The van der Waals surface area contributed by atoms with Gasteiger partial charge in [0.15, 0.2) is 5.96 Å². The van der Waals surface area contributed by atoms with Crippen molar-refractivity contribution in [2.45, 2.75) is 6.42 Å². The van der Waals surface area contributed by atoms with E-state index in [0.717, 1.165) is 13.1 Å². The molecule has 1 aliphatic rings. The maximum absolute atomic E-state index is 13.0. The predicted octanol–water partition coefficient (Wildman–Crippen LogP) is 0.131. The fourth-order valence-corrected chi connectivity index (χ4v) is 2.15. The second kappa shape index (κ2) is 8.33. The standard InChI is InChI=1S/C15H21FN4O2/c16-13-3-1-2-12(10-13)11-14(21)18-4-5-19-15(17)20-6-8-22-9-7-20/h1-3,10H,4-9,11H2,(H2,17,19)(H,18,21). The number of aliphatic imine (C=N–C) groups is 1. The molecule has 1 saturated heterocycles. The third-order valence-corrected chi connectivity index (χ3v) is 3.30. The van der Waals surface area contributed by atoms with Crippen molar-refractivity contribution in [1.82, 2.24) is 10.2 Å². The number of nitrogens with two attached hydrogens (primary N) is 1. The van der Waals surface area contributed by atoms with Gasteiger partial charge in [-0.3, -0.25) is 9.79 Å². The maximum Gasteiger partial charge on any atom is 0.224 e. The summed E-state index contributed by atoms with van der Waals surface area (Å²) in [6.45, 7) is 3.60. The molecule has 1 aromatic rings. The number of nitrogens with zero attached hydrogens (tertiary/aromatic N) is 2. The molecule has 120 valence electrons. The number of guanidine groups is 1. The highest BCUT2D eigenvalue weighted by atomic mass is 19.1. The van der Waals surface area contributed by atoms with Crippen molar-refractivity contribution in [2.24, 2.45) is 10.7 Å². The number of hydrogen-bond acceptors (Lipinski definition) is 3. The minimum absolute atomic E-state index is 0.153. The summed E-state index contributed by atoms with van der Waals surface area (Å²) in [7, 11) is 0. The summed E-state index contributed by atoms with van der Waals surface area (Å²) >= 11 is 0. The number of nitrogens with one attached hydrogen (secondary N) is 1. The summed E-state index contributed by atoms with van der Waals surface area (Å²) in [4.78, 5) is 17.9. The Labute approximate surface area is 129 Å². The minimum atomic E-state index is -0.340. The Kier molecular flexibility index (Phi) is 6.14. The molecular formula is C15H21FN4O2. The van der Waals surface area contributed by atoms with Gasteiger partial charge in [-0.25, -0.2) is 4.39 Å². The van der Waals surface area contributed by atoms with Gasteiger partial charge in [-0.1, -0.05) is 12.1 Å². The van der Waals surface area contributed by atoms with Crippen LogP contribution in [0.3, 0.4) is 0 Å². The Balaban J connectivity index is 1.68. The van der Waals surface area contributed by atoms with E-state index < -0.39 is 0 Å². The summed E-state index contributed by atoms with van der Waals surface area (Å²) < 4.78 is 18.2. The van der Waals surface area contributed by atoms with Crippen LogP contribution in [0.25, 0.3) is 0 Å². The lowest BCUT2D eigenvalue weighted by molar-refractivity contribution is -0.120. The van der Waals surface area contributed by atoms with Crippen molar-refractivity contribution in [3.8, 4) is 0 Å². The van der Waals surface area contributed by atoms with Gasteiger partial charge in [-0.2, -0.15) is 0 Å². The molecule has 0 bridgehead atoms. The Hall–Kier alpha value is -2.15. The van der Waals surface area contributed by atoms with E-state index in [0.29, 0.717) is 37.8 Å². The zero-order chi connectivity index (χ0) is 15.8. The highest BCUT2D eigenvalue weighted by Gasteiger charge is 2.11. The van der Waals surface area contributed by atoms with Gasteiger partial charge in [-0.05, 0) is 17.7 Å². The maximum atomic E-state index is 13.0. The fraction of sp³-hybridized carbons (Fsp3) is 0.467. The van der Waals surface area contributed by atoms with E-state index in [1.165, 1.54) is 12.1 Å². The molecule has 1 aromatic carbocycles. The number of carbonyl (C=O) groups is 1. The summed E-state index contributed by atoms with van der Waals surface area (Å²) in [5.41, 5.74) is 6.52. The molecule has 1 amide bonds. The van der Waals surface area contributed by atoms with Gasteiger partial charge in [0.1, 0.15) is 5.82 Å². The zero-order valence-electron chi connectivity index (χ0n) is 12.4. The number of amides is 1. The third kappa shape index (κ3) is 5.33. The molecular weight excluding hydrogens is 287 g/mol. The number of morpholine rings is 1. The number of benzene rings is 1. The lowest BCUT2D eigenvalue weighted by Gasteiger charge is -2.27. The van der Waals surface area contributed by atoms with Crippen LogP contribution < -0.4 is 11.1 Å². The molecule has 7 heteroatoms. The zero-order valence-corrected chi connectivity index (χ0v) is 12.4. The average Bonchev–Trinajstić information content (AvgIpc) is 2.52. The van der Waals surface area contributed by atoms with E-state index in [1.54, 1.807) is 12.1 Å². The average molecular weight is 308 g/mol. The normalized spacial score (nSPS) is 15.7. The highest BCUT2D eigenvalue weighted by Crippen LogP contribution is 2.03. The Morgan fingerprint density at radius 2 is 2.18 bits per heavy atom. The molecule has 22 heavy (non-hydrogen) atoms. The van der Waals surface area contributed by atoms with Crippen LogP contribution in [0.15, 0.2) is 29.3 Å². The number of carbonyl (C=O) groups excluding carboxylic acids is 1. The van der Waals surface area contributed by atoms with E-state index >= 15 is 0 Å². The smallest absolute Gasteiger partial charge is 0.224 e. The Morgan fingerprint density at radius 1 is 1.41 bits per heavy atom. The molecule has 0 unspecified atom stereocenters. The van der Waals surface area contributed by atoms with Crippen molar-refractivity contribution < 1.29 is 13.9 Å². The molecule has 0 atom stereocenters. The van der Waals surface area contributed by atoms with Gasteiger partial charge >= 0.3 is 0 Å². The lowest BCUT2D eigenvalue weighted by Crippen LogP contribution is -2.45. The van der Waals surface area contributed by atoms with E-state index in [1.807, 2.05) is 4.90 Å². The van der Waals surface area contributed by atoms with E-state index in [-0.39, 0.29) is 18.1 Å². The van der Waals surface area contributed by atoms with Gasteiger partial charge in [0.2, 0.25) is 5.91 Å². The van der Waals surface area contributed by atoms with Gasteiger partial charge in [-0.15, -0.1) is 0 Å².